The first-order valence-corrected chi connectivity index (χ1v) is 5.00. The van der Waals surface area contributed by atoms with Crippen LogP contribution in [0.15, 0.2) is 0 Å². The second kappa shape index (κ2) is 6.22. The molecular formula is CuO7S3-4. The van der Waals surface area contributed by atoms with Crippen molar-refractivity contribution in [1.29, 1.82) is 0 Å². The minimum atomic E-state index is -5.17. The van der Waals surface area contributed by atoms with Crippen molar-refractivity contribution in [2.75, 3.05) is 0 Å². The summed E-state index contributed by atoms with van der Waals surface area (Å²) in [6.45, 7) is 0. The molecule has 0 bridgehead atoms. The van der Waals surface area contributed by atoms with Crippen LogP contribution in [0.3, 0.4) is 0 Å². The largest absolute Gasteiger partial charge is 0.780 e. The Bertz CT molecular complexity index is 210. The van der Waals surface area contributed by atoms with Crippen LogP contribution in [-0.4, -0.2) is 30.8 Å². The van der Waals surface area contributed by atoms with Gasteiger partial charge in [-0.1, -0.05) is 0 Å². The van der Waals surface area contributed by atoms with Gasteiger partial charge in [-0.15, -0.1) is 9.05 Å². The van der Waals surface area contributed by atoms with Gasteiger partial charge in [0.25, 0.3) is 0 Å². The zero-order valence-electron chi connectivity index (χ0n) is 4.38. The third kappa shape index (κ3) is 1740. The zero-order valence-corrected chi connectivity index (χ0v) is 7.78. The topological polar surface area (TPSA) is 143 Å². The van der Waals surface area contributed by atoms with E-state index in [9.17, 15) is 0 Å². The predicted molar refractivity (Wildman–Crippen MR) is 27.5 cm³/mol. The maximum absolute atomic E-state index is 8.89. The normalized spacial score (nSPS) is 10.5. The first-order valence-electron chi connectivity index (χ1n) is 1.33. The van der Waals surface area contributed by atoms with E-state index in [-0.39, 0.29) is 17.1 Å². The van der Waals surface area contributed by atoms with Crippen LogP contribution in [0, 0.1) is 0 Å². The van der Waals surface area contributed by atoms with E-state index in [1.165, 1.54) is 0 Å². The van der Waals surface area contributed by atoms with E-state index in [1.54, 1.807) is 0 Å². The molecule has 0 amide bonds. The Morgan fingerprint density at radius 1 is 0.909 bits per heavy atom. The Balaban J connectivity index is -0.000000107. The van der Waals surface area contributed by atoms with Gasteiger partial charge in [-0.25, -0.2) is 0 Å². The molecule has 0 aliphatic carbocycles. The van der Waals surface area contributed by atoms with E-state index in [4.69, 9.17) is 30.8 Å². The molecule has 11 heavy (non-hydrogen) atoms. The van der Waals surface area contributed by atoms with Crippen molar-refractivity contribution in [3.8, 4) is 0 Å². The third-order valence-electron chi connectivity index (χ3n) is 0. The van der Waals surface area contributed by atoms with Crippen molar-refractivity contribution >= 4 is 30.6 Å². The Hall–Kier alpha value is 0.679. The molecule has 0 N–H and O–H groups in total. The van der Waals surface area contributed by atoms with Crippen molar-refractivity contribution < 1.29 is 47.9 Å². The molecule has 0 saturated carbocycles. The summed E-state index contributed by atoms with van der Waals surface area (Å²) in [6, 6.07) is 0. The Labute approximate surface area is 78.6 Å². The van der Waals surface area contributed by atoms with Gasteiger partial charge in [0, 0.05) is 27.5 Å². The third-order valence-corrected chi connectivity index (χ3v) is 0. The van der Waals surface area contributed by atoms with Crippen LogP contribution in [0.5, 0.6) is 0 Å². The summed E-state index contributed by atoms with van der Waals surface area (Å²) in [5.41, 5.74) is 0. The number of rotatable bonds is 0. The van der Waals surface area contributed by atoms with Gasteiger partial charge in [0.1, 0.15) is 0 Å². The molecule has 0 heterocycles. The van der Waals surface area contributed by atoms with Crippen molar-refractivity contribution in [2.24, 2.45) is 0 Å². The van der Waals surface area contributed by atoms with Crippen molar-refractivity contribution in [3.05, 3.63) is 0 Å². The van der Waals surface area contributed by atoms with Gasteiger partial charge in [-0.3, -0.25) is 12.6 Å². The Morgan fingerprint density at radius 3 is 0.909 bits per heavy atom. The zero-order chi connectivity index (χ0) is 9.00. The average molecular weight is 272 g/mol. The molecule has 0 aromatic carbocycles. The summed E-state index contributed by atoms with van der Waals surface area (Å²) in [5, 5.41) is 0. The van der Waals surface area contributed by atoms with Crippen LogP contribution in [0.1, 0.15) is 0 Å². The van der Waals surface area contributed by atoms with Gasteiger partial charge in [-0.05, 0) is 11.2 Å². The first kappa shape index (κ1) is 17.7. The average Bonchev–Trinajstić information content (AvgIpc) is 1.12. The van der Waals surface area contributed by atoms with E-state index in [0.717, 1.165) is 0 Å². The van der Waals surface area contributed by atoms with Gasteiger partial charge >= 0.3 is 0 Å². The standard InChI is InChI=1S/Cu.H2O4S.H2O3S2/c;2*1-5(2,3)4/h;2*(H2,1,2,3,4)/p-4. The molecular weight excluding hydrogens is 272 g/mol. The molecule has 1 radical (unpaired) electrons. The summed E-state index contributed by atoms with van der Waals surface area (Å²) >= 11 is 3.24. The molecule has 11 heteroatoms. The summed E-state index contributed by atoms with van der Waals surface area (Å²) in [4.78, 5) is 0. The van der Waals surface area contributed by atoms with Gasteiger partial charge in [0.15, 0.2) is 0 Å². The van der Waals surface area contributed by atoms with E-state index in [0.29, 0.717) is 0 Å². The Kier molecular flexibility index (Phi) is 10.0. The number of hydrogen-bond acceptors (Lipinski definition) is 8. The molecule has 0 fully saturated rings. The fourth-order valence-electron chi connectivity index (χ4n) is 0. The molecule has 0 spiro atoms. The summed E-state index contributed by atoms with van der Waals surface area (Å²) in [6.07, 6.45) is 0. The minimum Gasteiger partial charge on any atom is -0.780 e. The van der Waals surface area contributed by atoms with Crippen LogP contribution < -0.4 is 0 Å². The summed E-state index contributed by atoms with van der Waals surface area (Å²) in [7, 11) is -9.50. The number of hydrogen-bond donors (Lipinski definition) is 0. The monoisotopic (exact) mass is 271 g/mol. The maximum atomic E-state index is 8.89. The second-order valence-corrected chi connectivity index (χ2v) is 3.67. The van der Waals surface area contributed by atoms with Gasteiger partial charge < -0.3 is 18.2 Å². The fraction of sp³-hybridized carbons (Fsp3) is 0. The fourth-order valence-corrected chi connectivity index (χ4v) is 0. The van der Waals surface area contributed by atoms with Crippen molar-refractivity contribution in [3.63, 3.8) is 0 Å². The maximum Gasteiger partial charge on any atom is 0.0311 e. The SMILES string of the molecule is O=S(=O)([O-])[O-].O=S([O-])([O-])=S.[Cu]. The molecule has 0 saturated heterocycles. The molecule has 0 aliphatic heterocycles. The van der Waals surface area contributed by atoms with Gasteiger partial charge in [0.2, 0.25) is 0 Å². The van der Waals surface area contributed by atoms with Gasteiger partial charge in [0.05, 0.1) is 0 Å². The smallest absolute Gasteiger partial charge is 0.0311 e. The van der Waals surface area contributed by atoms with E-state index in [2.05, 4.69) is 11.2 Å². The van der Waals surface area contributed by atoms with E-state index < -0.39 is 19.5 Å². The summed E-state index contributed by atoms with van der Waals surface area (Å²) < 4.78 is 60.8. The minimum absolute atomic E-state index is 0. The van der Waals surface area contributed by atoms with E-state index >= 15 is 0 Å². The molecule has 0 aromatic heterocycles. The predicted octanol–water partition coefficient (Wildman–Crippen LogP) is -2.35. The Morgan fingerprint density at radius 2 is 0.909 bits per heavy atom. The van der Waals surface area contributed by atoms with Crippen molar-refractivity contribution in [1.82, 2.24) is 0 Å². The quantitative estimate of drug-likeness (QED) is 0.271. The molecule has 0 rings (SSSR count). The molecule has 75 valence electrons. The van der Waals surface area contributed by atoms with Crippen LogP contribution in [0.25, 0.3) is 0 Å². The molecule has 0 aromatic rings. The van der Waals surface area contributed by atoms with E-state index in [1.807, 2.05) is 0 Å². The molecule has 7 nitrogen and oxygen atoms in total. The summed E-state index contributed by atoms with van der Waals surface area (Å²) in [5.74, 6) is 0. The molecule has 0 atom stereocenters. The molecule has 0 aliphatic rings. The van der Waals surface area contributed by atoms with Crippen molar-refractivity contribution in [2.45, 2.75) is 0 Å². The van der Waals surface area contributed by atoms with Crippen LogP contribution in [-0.2, 0) is 47.7 Å². The molecule has 0 unspecified atom stereocenters. The van der Waals surface area contributed by atoms with Crippen LogP contribution in [0.2, 0.25) is 0 Å². The first-order chi connectivity index (χ1) is 4.00. The second-order valence-electron chi connectivity index (χ2n) is 0.816. The van der Waals surface area contributed by atoms with Gasteiger partial charge in [-0.2, -0.15) is 0 Å². The van der Waals surface area contributed by atoms with Crippen LogP contribution >= 0.6 is 0 Å². The van der Waals surface area contributed by atoms with Crippen LogP contribution in [0.4, 0.5) is 0 Å².